The van der Waals surface area contributed by atoms with E-state index in [0.29, 0.717) is 30.0 Å². The number of hydrogen-bond donors (Lipinski definition) is 0. The Morgan fingerprint density at radius 2 is 1.91 bits per heavy atom. The Bertz CT molecular complexity index is 1030. The maximum Gasteiger partial charge on any atom is 0.257 e. The van der Waals surface area contributed by atoms with Crippen LogP contribution >= 0.6 is 0 Å². The Kier molecular flexibility index (Phi) is 7.24. The van der Waals surface area contributed by atoms with Crippen molar-refractivity contribution in [2.75, 3.05) is 39.4 Å². The number of halogens is 1. The lowest BCUT2D eigenvalue weighted by Gasteiger charge is -2.28. The predicted molar refractivity (Wildman–Crippen MR) is 119 cm³/mol. The van der Waals surface area contributed by atoms with E-state index in [4.69, 9.17) is 4.74 Å². The fourth-order valence-corrected chi connectivity index (χ4v) is 3.93. The quantitative estimate of drug-likeness (QED) is 0.542. The number of morpholine rings is 1. The maximum atomic E-state index is 14.3. The number of aromatic nitrogens is 3. The molecule has 0 bridgehead atoms. The molecule has 1 aliphatic rings. The third kappa shape index (κ3) is 5.20. The summed E-state index contributed by atoms with van der Waals surface area (Å²) >= 11 is 0. The molecule has 1 amide bonds. The van der Waals surface area contributed by atoms with Crippen LogP contribution in [0.5, 0.6) is 0 Å². The third-order valence-electron chi connectivity index (χ3n) is 5.74. The summed E-state index contributed by atoms with van der Waals surface area (Å²) in [6.07, 6.45) is 5.85. The van der Waals surface area contributed by atoms with E-state index in [0.717, 1.165) is 44.8 Å². The van der Waals surface area contributed by atoms with Gasteiger partial charge in [0.25, 0.3) is 5.91 Å². The van der Waals surface area contributed by atoms with Gasteiger partial charge in [-0.05, 0) is 43.2 Å². The zero-order chi connectivity index (χ0) is 22.3. The SMILES string of the molecule is Cc1c(C(=O)N(CCCN2CCOCC2)Cc2ccncc2)cnn1-c1ccccc1F. The van der Waals surface area contributed by atoms with Crippen LogP contribution in [0, 0.1) is 12.7 Å². The number of hydrogen-bond acceptors (Lipinski definition) is 5. The van der Waals surface area contributed by atoms with Gasteiger partial charge in [-0.1, -0.05) is 12.1 Å². The van der Waals surface area contributed by atoms with E-state index >= 15 is 0 Å². The predicted octanol–water partition coefficient (Wildman–Crippen LogP) is 3.08. The lowest BCUT2D eigenvalue weighted by Crippen LogP contribution is -2.39. The molecule has 1 saturated heterocycles. The lowest BCUT2D eigenvalue weighted by molar-refractivity contribution is 0.0355. The van der Waals surface area contributed by atoms with Gasteiger partial charge in [-0.15, -0.1) is 0 Å². The van der Waals surface area contributed by atoms with Gasteiger partial charge in [0.15, 0.2) is 0 Å². The molecular formula is C24H28FN5O2. The van der Waals surface area contributed by atoms with Crippen LogP contribution in [0.3, 0.4) is 0 Å². The number of pyridine rings is 1. The van der Waals surface area contributed by atoms with Crippen molar-refractivity contribution in [3.8, 4) is 5.69 Å². The number of benzene rings is 1. The number of ether oxygens (including phenoxy) is 1. The van der Waals surface area contributed by atoms with E-state index in [2.05, 4.69) is 15.0 Å². The Hall–Kier alpha value is -3.10. The highest BCUT2D eigenvalue weighted by Crippen LogP contribution is 2.19. The van der Waals surface area contributed by atoms with E-state index in [1.165, 1.54) is 16.9 Å². The van der Waals surface area contributed by atoms with Gasteiger partial charge in [0.05, 0.1) is 30.7 Å². The molecule has 0 N–H and O–H groups in total. The van der Waals surface area contributed by atoms with Crippen molar-refractivity contribution in [1.29, 1.82) is 0 Å². The van der Waals surface area contributed by atoms with Crippen molar-refractivity contribution < 1.29 is 13.9 Å². The molecule has 0 saturated carbocycles. The van der Waals surface area contributed by atoms with E-state index < -0.39 is 0 Å². The van der Waals surface area contributed by atoms with Crippen molar-refractivity contribution in [2.45, 2.75) is 19.9 Å². The fourth-order valence-electron chi connectivity index (χ4n) is 3.93. The van der Waals surface area contributed by atoms with Gasteiger partial charge in [-0.3, -0.25) is 14.7 Å². The Labute approximate surface area is 187 Å². The average molecular weight is 438 g/mol. The largest absolute Gasteiger partial charge is 0.379 e. The molecule has 8 heteroatoms. The molecule has 0 aliphatic carbocycles. The van der Waals surface area contributed by atoms with Crippen molar-refractivity contribution in [2.24, 2.45) is 0 Å². The molecule has 7 nitrogen and oxygen atoms in total. The molecule has 3 heterocycles. The van der Waals surface area contributed by atoms with Crippen LogP contribution in [-0.4, -0.2) is 69.9 Å². The molecule has 0 unspecified atom stereocenters. The zero-order valence-electron chi connectivity index (χ0n) is 18.3. The van der Waals surface area contributed by atoms with Crippen molar-refractivity contribution in [1.82, 2.24) is 24.6 Å². The van der Waals surface area contributed by atoms with Gasteiger partial charge >= 0.3 is 0 Å². The second-order valence-electron chi connectivity index (χ2n) is 7.90. The summed E-state index contributed by atoms with van der Waals surface area (Å²) in [4.78, 5) is 21.8. The van der Waals surface area contributed by atoms with E-state index in [1.54, 1.807) is 37.5 Å². The summed E-state index contributed by atoms with van der Waals surface area (Å²) in [6, 6.07) is 10.3. The lowest BCUT2D eigenvalue weighted by atomic mass is 10.1. The summed E-state index contributed by atoms with van der Waals surface area (Å²) in [6.45, 7) is 7.17. The first-order chi connectivity index (χ1) is 15.6. The van der Waals surface area contributed by atoms with Gasteiger partial charge in [-0.25, -0.2) is 9.07 Å². The van der Waals surface area contributed by atoms with Crippen LogP contribution in [-0.2, 0) is 11.3 Å². The van der Waals surface area contributed by atoms with Crippen LogP contribution < -0.4 is 0 Å². The zero-order valence-corrected chi connectivity index (χ0v) is 18.3. The summed E-state index contributed by atoms with van der Waals surface area (Å²) in [5, 5.41) is 4.31. The van der Waals surface area contributed by atoms with Gasteiger partial charge in [0.2, 0.25) is 0 Å². The molecule has 3 aromatic rings. The van der Waals surface area contributed by atoms with Gasteiger partial charge in [0.1, 0.15) is 11.5 Å². The number of carbonyl (C=O) groups is 1. The van der Waals surface area contributed by atoms with Crippen molar-refractivity contribution >= 4 is 5.91 Å². The molecule has 168 valence electrons. The normalized spacial score (nSPS) is 14.4. The van der Waals surface area contributed by atoms with E-state index in [9.17, 15) is 9.18 Å². The van der Waals surface area contributed by atoms with Gasteiger partial charge < -0.3 is 9.64 Å². The Morgan fingerprint density at radius 1 is 1.16 bits per heavy atom. The molecule has 4 rings (SSSR count). The molecule has 2 aromatic heterocycles. The highest BCUT2D eigenvalue weighted by molar-refractivity contribution is 5.95. The highest BCUT2D eigenvalue weighted by atomic mass is 19.1. The monoisotopic (exact) mass is 437 g/mol. The van der Waals surface area contributed by atoms with Crippen LogP contribution in [0.1, 0.15) is 28.0 Å². The average Bonchev–Trinajstić information content (AvgIpc) is 3.20. The summed E-state index contributed by atoms with van der Waals surface area (Å²) in [5.41, 5.74) is 2.44. The molecule has 0 spiro atoms. The second-order valence-corrected chi connectivity index (χ2v) is 7.90. The summed E-state index contributed by atoms with van der Waals surface area (Å²) in [7, 11) is 0. The minimum atomic E-state index is -0.378. The summed E-state index contributed by atoms with van der Waals surface area (Å²) in [5.74, 6) is -0.485. The number of carbonyl (C=O) groups excluding carboxylic acids is 1. The van der Waals surface area contributed by atoms with Crippen LogP contribution in [0.2, 0.25) is 0 Å². The smallest absolute Gasteiger partial charge is 0.257 e. The third-order valence-corrected chi connectivity index (χ3v) is 5.74. The van der Waals surface area contributed by atoms with E-state index in [-0.39, 0.29) is 11.7 Å². The number of amides is 1. The van der Waals surface area contributed by atoms with Crippen LogP contribution in [0.15, 0.2) is 55.0 Å². The minimum Gasteiger partial charge on any atom is -0.379 e. The second kappa shape index (κ2) is 10.5. The summed E-state index contributed by atoms with van der Waals surface area (Å²) < 4.78 is 21.2. The number of para-hydroxylation sites is 1. The Balaban J connectivity index is 1.52. The Morgan fingerprint density at radius 3 is 2.66 bits per heavy atom. The fraction of sp³-hybridized carbons (Fsp3) is 0.375. The van der Waals surface area contributed by atoms with Crippen LogP contribution in [0.4, 0.5) is 4.39 Å². The minimum absolute atomic E-state index is 0.108. The van der Waals surface area contributed by atoms with E-state index in [1.807, 2.05) is 17.0 Å². The van der Waals surface area contributed by atoms with Crippen molar-refractivity contribution in [3.63, 3.8) is 0 Å². The number of rotatable bonds is 8. The van der Waals surface area contributed by atoms with Gasteiger partial charge in [-0.2, -0.15) is 5.10 Å². The topological polar surface area (TPSA) is 63.5 Å². The molecule has 1 aromatic carbocycles. The molecule has 0 radical (unpaired) electrons. The van der Waals surface area contributed by atoms with Crippen molar-refractivity contribution in [3.05, 3.63) is 77.6 Å². The first-order valence-electron chi connectivity index (χ1n) is 10.9. The molecule has 32 heavy (non-hydrogen) atoms. The first-order valence-corrected chi connectivity index (χ1v) is 10.9. The highest BCUT2D eigenvalue weighted by Gasteiger charge is 2.22. The first kappa shape index (κ1) is 22.1. The number of nitrogens with zero attached hydrogens (tertiary/aromatic N) is 5. The molecular weight excluding hydrogens is 409 g/mol. The molecule has 0 atom stereocenters. The molecule has 1 aliphatic heterocycles. The maximum absolute atomic E-state index is 14.3. The standard InChI is InChI=1S/C24H28FN5O2/c1-19-21(17-27-30(19)23-6-3-2-5-22(23)25)24(31)29(18-20-7-9-26-10-8-20)12-4-11-28-13-15-32-16-14-28/h2-3,5-10,17H,4,11-16,18H2,1H3. The van der Waals surface area contributed by atoms with Gasteiger partial charge in [0, 0.05) is 45.1 Å². The van der Waals surface area contributed by atoms with Crippen LogP contribution in [0.25, 0.3) is 5.69 Å². The molecule has 1 fully saturated rings.